The summed E-state index contributed by atoms with van der Waals surface area (Å²) in [7, 11) is 0. The monoisotopic (exact) mass is 316 g/mol. The highest BCUT2D eigenvalue weighted by Crippen LogP contribution is 2.28. The second kappa shape index (κ2) is 6.29. The van der Waals surface area contributed by atoms with E-state index >= 15 is 0 Å². The van der Waals surface area contributed by atoms with E-state index in [1.807, 2.05) is 6.07 Å². The van der Waals surface area contributed by atoms with Gasteiger partial charge in [0, 0.05) is 29.7 Å². The lowest BCUT2D eigenvalue weighted by Crippen LogP contribution is -2.28. The van der Waals surface area contributed by atoms with E-state index in [0.717, 1.165) is 16.6 Å². The summed E-state index contributed by atoms with van der Waals surface area (Å²) in [6, 6.07) is 12.7. The van der Waals surface area contributed by atoms with E-state index in [9.17, 15) is 5.26 Å². The summed E-state index contributed by atoms with van der Waals surface area (Å²) in [5.74, 6) is 0. The van der Waals surface area contributed by atoms with E-state index in [4.69, 9.17) is 0 Å². The molecular weight excluding hydrogens is 296 g/mol. The standard InChI is InChI=1S/C20H20N4/c1-14-4-6-16(7-5-14)20(2,3)13-24-19-15(10-21)11-23-18-12-22-9-8-17(18)19/h4-9,11-12H,13H2,1-3H3,(H,23,24). The van der Waals surface area contributed by atoms with Crippen molar-refractivity contribution in [3.05, 3.63) is 65.6 Å². The van der Waals surface area contributed by atoms with Crippen molar-refractivity contribution in [3.8, 4) is 6.07 Å². The maximum Gasteiger partial charge on any atom is 0.103 e. The summed E-state index contributed by atoms with van der Waals surface area (Å²) in [6.07, 6.45) is 5.04. The third-order valence-corrected chi connectivity index (χ3v) is 4.33. The number of aryl methyl sites for hydroxylation is 1. The van der Waals surface area contributed by atoms with Gasteiger partial charge in [0.1, 0.15) is 6.07 Å². The predicted octanol–water partition coefficient (Wildman–Crippen LogP) is 4.20. The minimum atomic E-state index is -0.0664. The topological polar surface area (TPSA) is 61.6 Å². The fourth-order valence-electron chi connectivity index (χ4n) is 2.74. The zero-order valence-electron chi connectivity index (χ0n) is 14.2. The number of nitrogens with zero attached hydrogens (tertiary/aromatic N) is 3. The molecule has 0 saturated heterocycles. The molecule has 0 atom stereocenters. The Morgan fingerprint density at radius 1 is 1.12 bits per heavy atom. The Kier molecular flexibility index (Phi) is 4.18. The molecule has 1 aromatic carbocycles. The SMILES string of the molecule is Cc1ccc(C(C)(C)CNc2c(C#N)cnc3cnccc23)cc1. The predicted molar refractivity (Wildman–Crippen MR) is 96.9 cm³/mol. The molecule has 0 saturated carbocycles. The van der Waals surface area contributed by atoms with Crippen molar-refractivity contribution in [1.82, 2.24) is 9.97 Å². The van der Waals surface area contributed by atoms with Crippen molar-refractivity contribution < 1.29 is 0 Å². The van der Waals surface area contributed by atoms with Crippen molar-refractivity contribution in [2.24, 2.45) is 0 Å². The van der Waals surface area contributed by atoms with Crippen LogP contribution < -0.4 is 5.32 Å². The van der Waals surface area contributed by atoms with Crippen molar-refractivity contribution in [2.45, 2.75) is 26.2 Å². The van der Waals surface area contributed by atoms with Crippen LogP contribution in [-0.4, -0.2) is 16.5 Å². The quantitative estimate of drug-likeness (QED) is 0.783. The number of rotatable bonds is 4. The van der Waals surface area contributed by atoms with Gasteiger partial charge in [0.05, 0.1) is 23.0 Å². The van der Waals surface area contributed by atoms with Gasteiger partial charge in [0.2, 0.25) is 0 Å². The third-order valence-electron chi connectivity index (χ3n) is 4.33. The Bertz CT molecular complexity index is 905. The Hall–Kier alpha value is -2.93. The van der Waals surface area contributed by atoms with E-state index < -0.39 is 0 Å². The minimum absolute atomic E-state index is 0.0664. The maximum atomic E-state index is 9.41. The van der Waals surface area contributed by atoms with Crippen molar-refractivity contribution >= 4 is 16.6 Å². The normalized spacial score (nSPS) is 11.2. The number of anilines is 1. The van der Waals surface area contributed by atoms with Gasteiger partial charge >= 0.3 is 0 Å². The van der Waals surface area contributed by atoms with Crippen LogP contribution in [0.25, 0.3) is 10.9 Å². The molecule has 0 unspecified atom stereocenters. The average molecular weight is 316 g/mol. The van der Waals surface area contributed by atoms with Crippen LogP contribution in [-0.2, 0) is 5.41 Å². The van der Waals surface area contributed by atoms with Crippen LogP contribution in [0.1, 0.15) is 30.5 Å². The number of nitriles is 1. The fraction of sp³-hybridized carbons (Fsp3) is 0.250. The molecule has 120 valence electrons. The highest BCUT2D eigenvalue weighted by Gasteiger charge is 2.21. The average Bonchev–Trinajstić information content (AvgIpc) is 2.60. The summed E-state index contributed by atoms with van der Waals surface area (Å²) in [6.45, 7) is 7.20. The molecular formula is C20H20N4. The highest BCUT2D eigenvalue weighted by molar-refractivity contribution is 5.93. The first-order valence-electron chi connectivity index (χ1n) is 7.95. The van der Waals surface area contributed by atoms with Crippen molar-refractivity contribution in [2.75, 3.05) is 11.9 Å². The van der Waals surface area contributed by atoms with Gasteiger partial charge < -0.3 is 5.32 Å². The molecule has 2 heterocycles. The largest absolute Gasteiger partial charge is 0.383 e. The molecule has 0 radical (unpaired) electrons. The number of pyridine rings is 2. The molecule has 3 rings (SSSR count). The van der Waals surface area contributed by atoms with Crippen LogP contribution in [0.4, 0.5) is 5.69 Å². The molecule has 3 aromatic rings. The molecule has 0 fully saturated rings. The third kappa shape index (κ3) is 3.07. The smallest absolute Gasteiger partial charge is 0.103 e. The second-order valence-electron chi connectivity index (χ2n) is 6.65. The number of fused-ring (bicyclic) bond motifs is 1. The first-order valence-corrected chi connectivity index (χ1v) is 7.95. The van der Waals surface area contributed by atoms with Crippen molar-refractivity contribution in [1.29, 1.82) is 5.26 Å². The molecule has 0 aliphatic rings. The molecule has 0 amide bonds. The summed E-state index contributed by atoms with van der Waals surface area (Å²) >= 11 is 0. The molecule has 24 heavy (non-hydrogen) atoms. The van der Waals surface area contributed by atoms with E-state index in [1.165, 1.54) is 11.1 Å². The van der Waals surface area contributed by atoms with Gasteiger partial charge in [-0.3, -0.25) is 9.97 Å². The Labute approximate surface area is 142 Å². The molecule has 0 aliphatic heterocycles. The van der Waals surface area contributed by atoms with Gasteiger partial charge in [-0.2, -0.15) is 5.26 Å². The molecule has 4 nitrogen and oxygen atoms in total. The molecule has 2 aromatic heterocycles. The lowest BCUT2D eigenvalue weighted by Gasteiger charge is -2.27. The lowest BCUT2D eigenvalue weighted by atomic mass is 9.84. The first kappa shape index (κ1) is 15.9. The fourth-order valence-corrected chi connectivity index (χ4v) is 2.74. The van der Waals surface area contributed by atoms with Gasteiger partial charge in [0.25, 0.3) is 0 Å². The van der Waals surface area contributed by atoms with Crippen LogP contribution in [0, 0.1) is 18.3 Å². The Morgan fingerprint density at radius 3 is 2.58 bits per heavy atom. The van der Waals surface area contributed by atoms with Crippen LogP contribution in [0.3, 0.4) is 0 Å². The molecule has 1 N–H and O–H groups in total. The van der Waals surface area contributed by atoms with E-state index in [2.05, 4.69) is 66.4 Å². The molecule has 4 heteroatoms. The Morgan fingerprint density at radius 2 is 1.88 bits per heavy atom. The molecule has 0 aliphatic carbocycles. The van der Waals surface area contributed by atoms with Crippen molar-refractivity contribution in [3.63, 3.8) is 0 Å². The summed E-state index contributed by atoms with van der Waals surface area (Å²) in [4.78, 5) is 8.40. The highest BCUT2D eigenvalue weighted by atomic mass is 14.9. The van der Waals surface area contributed by atoms with Gasteiger partial charge in [0.15, 0.2) is 0 Å². The lowest BCUT2D eigenvalue weighted by molar-refractivity contribution is 0.557. The molecule has 0 bridgehead atoms. The van der Waals surface area contributed by atoms with Gasteiger partial charge in [-0.25, -0.2) is 0 Å². The summed E-state index contributed by atoms with van der Waals surface area (Å²) < 4.78 is 0. The van der Waals surface area contributed by atoms with Crippen LogP contribution in [0.5, 0.6) is 0 Å². The number of hydrogen-bond donors (Lipinski definition) is 1. The minimum Gasteiger partial charge on any atom is -0.383 e. The number of nitrogens with one attached hydrogen (secondary N) is 1. The number of hydrogen-bond acceptors (Lipinski definition) is 4. The van der Waals surface area contributed by atoms with Gasteiger partial charge in [-0.1, -0.05) is 43.7 Å². The Balaban J connectivity index is 1.92. The van der Waals surface area contributed by atoms with Crippen LogP contribution >= 0.6 is 0 Å². The van der Waals surface area contributed by atoms with E-state index in [-0.39, 0.29) is 5.41 Å². The summed E-state index contributed by atoms with van der Waals surface area (Å²) in [5.41, 5.74) is 4.61. The second-order valence-corrected chi connectivity index (χ2v) is 6.65. The van der Waals surface area contributed by atoms with Gasteiger partial charge in [-0.15, -0.1) is 0 Å². The zero-order chi connectivity index (χ0) is 17.2. The van der Waals surface area contributed by atoms with E-state index in [1.54, 1.807) is 18.6 Å². The van der Waals surface area contributed by atoms with Crippen LogP contribution in [0.2, 0.25) is 0 Å². The van der Waals surface area contributed by atoms with Gasteiger partial charge in [-0.05, 0) is 18.6 Å². The van der Waals surface area contributed by atoms with Crippen LogP contribution in [0.15, 0.2) is 48.9 Å². The zero-order valence-corrected chi connectivity index (χ0v) is 14.2. The van der Waals surface area contributed by atoms with E-state index in [0.29, 0.717) is 12.1 Å². The number of aromatic nitrogens is 2. The molecule has 0 spiro atoms. The maximum absolute atomic E-state index is 9.41. The summed E-state index contributed by atoms with van der Waals surface area (Å²) in [5, 5.41) is 13.8. The number of benzene rings is 1. The first-order chi connectivity index (χ1) is 11.5.